The van der Waals surface area contributed by atoms with Crippen molar-refractivity contribution in [2.45, 2.75) is 44.7 Å². The Kier molecular flexibility index (Phi) is 4.56. The lowest BCUT2D eigenvalue weighted by Gasteiger charge is -2.30. The number of aliphatic hydroxyl groups excluding tert-OH is 1. The van der Waals surface area contributed by atoms with Gasteiger partial charge in [0.05, 0.1) is 6.61 Å². The molecule has 3 rings (SSSR count). The largest absolute Gasteiger partial charge is 0.395 e. The molecule has 1 amide bonds. The van der Waals surface area contributed by atoms with Crippen molar-refractivity contribution in [1.82, 2.24) is 10.2 Å². The van der Waals surface area contributed by atoms with E-state index in [0.717, 1.165) is 37.9 Å². The lowest BCUT2D eigenvalue weighted by atomic mass is 9.94. The van der Waals surface area contributed by atoms with E-state index in [1.807, 2.05) is 17.0 Å². The predicted octanol–water partition coefficient (Wildman–Crippen LogP) is 1.71. The number of carbonyl (C=O) groups is 1. The van der Waals surface area contributed by atoms with Crippen LogP contribution >= 0.6 is 0 Å². The van der Waals surface area contributed by atoms with Crippen molar-refractivity contribution in [2.24, 2.45) is 0 Å². The average Bonchev–Trinajstić information content (AvgIpc) is 3.05. The molecular formula is C17H24N2O2. The molecule has 0 radical (unpaired) electrons. The number of amides is 1. The standard InChI is InChI=1S/C17H24N2O2/c20-11-10-19(14-5-1-2-6-14)17(21)16-7-3-4-13-12-18-9-8-15(13)16/h3-4,7,14,18,20H,1-2,5-6,8-12H2. The Morgan fingerprint density at radius 1 is 1.33 bits per heavy atom. The molecule has 1 saturated carbocycles. The van der Waals surface area contributed by atoms with Gasteiger partial charge in [-0.05, 0) is 43.0 Å². The van der Waals surface area contributed by atoms with Crippen LogP contribution in [-0.4, -0.2) is 41.7 Å². The van der Waals surface area contributed by atoms with Gasteiger partial charge in [0, 0.05) is 24.7 Å². The maximum absolute atomic E-state index is 13.0. The summed E-state index contributed by atoms with van der Waals surface area (Å²) in [5.74, 6) is 0.106. The number of aliphatic hydroxyl groups is 1. The summed E-state index contributed by atoms with van der Waals surface area (Å²) in [5.41, 5.74) is 3.28. The van der Waals surface area contributed by atoms with Gasteiger partial charge in [-0.3, -0.25) is 4.79 Å². The molecule has 2 N–H and O–H groups in total. The van der Waals surface area contributed by atoms with E-state index in [4.69, 9.17) is 0 Å². The fourth-order valence-corrected chi connectivity index (χ4v) is 3.66. The number of nitrogens with zero attached hydrogens (tertiary/aromatic N) is 1. The number of nitrogens with one attached hydrogen (secondary N) is 1. The van der Waals surface area contributed by atoms with Gasteiger partial charge in [0.15, 0.2) is 0 Å². The van der Waals surface area contributed by atoms with E-state index in [2.05, 4.69) is 11.4 Å². The first-order valence-corrected chi connectivity index (χ1v) is 8.04. The topological polar surface area (TPSA) is 52.6 Å². The van der Waals surface area contributed by atoms with Crippen molar-refractivity contribution in [2.75, 3.05) is 19.7 Å². The van der Waals surface area contributed by atoms with Gasteiger partial charge >= 0.3 is 0 Å². The summed E-state index contributed by atoms with van der Waals surface area (Å²) in [6, 6.07) is 6.34. The minimum atomic E-state index is 0.0405. The smallest absolute Gasteiger partial charge is 0.254 e. The van der Waals surface area contributed by atoms with E-state index < -0.39 is 0 Å². The monoisotopic (exact) mass is 288 g/mol. The number of rotatable bonds is 4. The Morgan fingerprint density at radius 3 is 2.90 bits per heavy atom. The van der Waals surface area contributed by atoms with E-state index in [1.165, 1.54) is 24.0 Å². The molecule has 1 fully saturated rings. The van der Waals surface area contributed by atoms with Gasteiger partial charge in [0.1, 0.15) is 0 Å². The highest BCUT2D eigenvalue weighted by atomic mass is 16.3. The molecule has 114 valence electrons. The van der Waals surface area contributed by atoms with Gasteiger partial charge in [0.2, 0.25) is 0 Å². The van der Waals surface area contributed by atoms with E-state index in [9.17, 15) is 9.90 Å². The summed E-state index contributed by atoms with van der Waals surface area (Å²) in [4.78, 5) is 14.9. The first-order chi connectivity index (χ1) is 10.3. The van der Waals surface area contributed by atoms with Crippen molar-refractivity contribution < 1.29 is 9.90 Å². The Bertz CT molecular complexity index is 510. The summed E-state index contributed by atoms with van der Waals surface area (Å²) >= 11 is 0. The SMILES string of the molecule is O=C(c1cccc2c1CCNC2)N(CCO)C1CCCC1. The molecule has 1 heterocycles. The lowest BCUT2D eigenvalue weighted by molar-refractivity contribution is 0.0636. The van der Waals surface area contributed by atoms with Gasteiger partial charge in [-0.2, -0.15) is 0 Å². The summed E-state index contributed by atoms with van der Waals surface area (Å²) in [7, 11) is 0. The Hall–Kier alpha value is -1.39. The molecule has 21 heavy (non-hydrogen) atoms. The van der Waals surface area contributed by atoms with Gasteiger partial charge in [-0.15, -0.1) is 0 Å². The maximum atomic E-state index is 13.0. The van der Waals surface area contributed by atoms with Crippen LogP contribution in [0.2, 0.25) is 0 Å². The Morgan fingerprint density at radius 2 is 2.14 bits per heavy atom. The van der Waals surface area contributed by atoms with Crippen LogP contribution in [0.3, 0.4) is 0 Å². The second kappa shape index (κ2) is 6.58. The zero-order valence-electron chi connectivity index (χ0n) is 12.5. The third kappa shape index (κ3) is 2.97. The van der Waals surface area contributed by atoms with E-state index in [1.54, 1.807) is 0 Å². The third-order valence-corrected chi connectivity index (χ3v) is 4.74. The van der Waals surface area contributed by atoms with Crippen molar-refractivity contribution in [3.63, 3.8) is 0 Å². The van der Waals surface area contributed by atoms with Gasteiger partial charge in [-0.1, -0.05) is 25.0 Å². The molecule has 2 aliphatic rings. The minimum absolute atomic E-state index is 0.0405. The molecular weight excluding hydrogens is 264 g/mol. The molecule has 0 aromatic heterocycles. The molecule has 0 bridgehead atoms. The second-order valence-corrected chi connectivity index (χ2v) is 6.03. The third-order valence-electron chi connectivity index (χ3n) is 4.74. The molecule has 1 aromatic rings. The summed E-state index contributed by atoms with van der Waals surface area (Å²) < 4.78 is 0. The lowest BCUT2D eigenvalue weighted by Crippen LogP contribution is -2.41. The summed E-state index contributed by atoms with van der Waals surface area (Å²) in [6.45, 7) is 2.27. The molecule has 4 nitrogen and oxygen atoms in total. The second-order valence-electron chi connectivity index (χ2n) is 6.03. The number of carbonyl (C=O) groups excluding carboxylic acids is 1. The molecule has 1 aliphatic heterocycles. The highest BCUT2D eigenvalue weighted by molar-refractivity contribution is 5.96. The quantitative estimate of drug-likeness (QED) is 0.887. The van der Waals surface area contributed by atoms with Gasteiger partial charge in [-0.25, -0.2) is 0 Å². The van der Waals surface area contributed by atoms with Crippen LogP contribution in [0, 0.1) is 0 Å². The normalized spacial score (nSPS) is 18.5. The first-order valence-electron chi connectivity index (χ1n) is 8.04. The molecule has 0 atom stereocenters. The van der Waals surface area contributed by atoms with Crippen LogP contribution < -0.4 is 5.32 Å². The molecule has 4 heteroatoms. The van der Waals surface area contributed by atoms with Crippen LogP contribution in [0.25, 0.3) is 0 Å². The maximum Gasteiger partial charge on any atom is 0.254 e. The molecule has 1 aliphatic carbocycles. The number of fused-ring (bicyclic) bond motifs is 1. The van der Waals surface area contributed by atoms with Crippen LogP contribution in [0.15, 0.2) is 18.2 Å². The highest BCUT2D eigenvalue weighted by Crippen LogP contribution is 2.27. The zero-order valence-corrected chi connectivity index (χ0v) is 12.5. The van der Waals surface area contributed by atoms with E-state index >= 15 is 0 Å². The molecule has 0 unspecified atom stereocenters. The van der Waals surface area contributed by atoms with Crippen LogP contribution in [-0.2, 0) is 13.0 Å². The Labute approximate surface area is 126 Å². The number of hydrogen-bond donors (Lipinski definition) is 2. The first kappa shape index (κ1) is 14.5. The van der Waals surface area contributed by atoms with E-state index in [-0.39, 0.29) is 12.5 Å². The van der Waals surface area contributed by atoms with E-state index in [0.29, 0.717) is 12.6 Å². The number of hydrogen-bond acceptors (Lipinski definition) is 3. The van der Waals surface area contributed by atoms with Crippen molar-refractivity contribution in [3.05, 3.63) is 34.9 Å². The summed E-state index contributed by atoms with van der Waals surface area (Å²) in [6.07, 6.45) is 5.44. The fraction of sp³-hybridized carbons (Fsp3) is 0.588. The Balaban J connectivity index is 1.88. The van der Waals surface area contributed by atoms with Crippen molar-refractivity contribution in [1.29, 1.82) is 0 Å². The van der Waals surface area contributed by atoms with Crippen molar-refractivity contribution >= 4 is 5.91 Å². The molecule has 1 aromatic carbocycles. The fourth-order valence-electron chi connectivity index (χ4n) is 3.66. The number of benzene rings is 1. The molecule has 0 saturated heterocycles. The van der Waals surface area contributed by atoms with Crippen LogP contribution in [0.5, 0.6) is 0 Å². The average molecular weight is 288 g/mol. The predicted molar refractivity (Wildman–Crippen MR) is 82.2 cm³/mol. The summed E-state index contributed by atoms with van der Waals surface area (Å²) in [5, 5.41) is 12.7. The zero-order chi connectivity index (χ0) is 14.7. The van der Waals surface area contributed by atoms with Gasteiger partial charge < -0.3 is 15.3 Å². The van der Waals surface area contributed by atoms with Gasteiger partial charge in [0.25, 0.3) is 5.91 Å². The van der Waals surface area contributed by atoms with Crippen molar-refractivity contribution in [3.8, 4) is 0 Å². The minimum Gasteiger partial charge on any atom is -0.395 e. The van der Waals surface area contributed by atoms with Crippen LogP contribution in [0.1, 0.15) is 47.2 Å². The highest BCUT2D eigenvalue weighted by Gasteiger charge is 2.29. The molecule has 0 spiro atoms. The van der Waals surface area contributed by atoms with Crippen LogP contribution in [0.4, 0.5) is 0 Å².